The van der Waals surface area contributed by atoms with E-state index in [9.17, 15) is 0 Å². The van der Waals surface area contributed by atoms with Crippen molar-refractivity contribution in [1.82, 2.24) is 10.3 Å². The molecular formula is C12H19N3OS. The summed E-state index contributed by atoms with van der Waals surface area (Å²) in [5, 5.41) is 6.82. The molecule has 0 bridgehead atoms. The van der Waals surface area contributed by atoms with Gasteiger partial charge in [-0.15, -0.1) is 11.3 Å². The fourth-order valence-electron chi connectivity index (χ4n) is 2.06. The molecule has 2 fully saturated rings. The summed E-state index contributed by atoms with van der Waals surface area (Å²) < 4.78 is 5.45. The predicted molar refractivity (Wildman–Crippen MR) is 69.6 cm³/mol. The van der Waals surface area contributed by atoms with Crippen molar-refractivity contribution in [1.29, 1.82) is 0 Å². The van der Waals surface area contributed by atoms with Crippen molar-refractivity contribution in [3.8, 4) is 0 Å². The van der Waals surface area contributed by atoms with Crippen LogP contribution in [0.25, 0.3) is 0 Å². The minimum Gasteiger partial charge on any atom is -0.377 e. The molecule has 0 amide bonds. The number of thiazole rings is 1. The zero-order chi connectivity index (χ0) is 11.7. The molecule has 5 heteroatoms. The van der Waals surface area contributed by atoms with E-state index in [-0.39, 0.29) is 0 Å². The highest BCUT2D eigenvalue weighted by Crippen LogP contribution is 2.25. The Bertz CT molecular complexity index is 378. The SMILES string of the molecule is CC1COCCN1c1nc(CNC2CC2)cs1. The molecule has 0 aromatic carbocycles. The highest BCUT2D eigenvalue weighted by atomic mass is 32.1. The smallest absolute Gasteiger partial charge is 0.185 e. The summed E-state index contributed by atoms with van der Waals surface area (Å²) >= 11 is 1.75. The van der Waals surface area contributed by atoms with Crippen molar-refractivity contribution in [3.05, 3.63) is 11.1 Å². The van der Waals surface area contributed by atoms with Gasteiger partial charge in [-0.05, 0) is 19.8 Å². The van der Waals surface area contributed by atoms with Gasteiger partial charge < -0.3 is 15.0 Å². The number of ether oxygens (including phenoxy) is 1. The Hall–Kier alpha value is -0.650. The number of nitrogens with zero attached hydrogens (tertiary/aromatic N) is 2. The molecule has 1 unspecified atom stereocenters. The summed E-state index contributed by atoms with van der Waals surface area (Å²) in [4.78, 5) is 7.07. The molecular weight excluding hydrogens is 234 g/mol. The summed E-state index contributed by atoms with van der Waals surface area (Å²) in [6, 6.07) is 1.20. The van der Waals surface area contributed by atoms with E-state index in [0.29, 0.717) is 6.04 Å². The third-order valence-corrected chi connectivity index (χ3v) is 4.23. The summed E-state index contributed by atoms with van der Waals surface area (Å²) in [6.45, 7) is 5.71. The Kier molecular flexibility index (Phi) is 3.31. The topological polar surface area (TPSA) is 37.4 Å². The van der Waals surface area contributed by atoms with E-state index in [1.165, 1.54) is 18.5 Å². The van der Waals surface area contributed by atoms with Crippen molar-refractivity contribution in [2.24, 2.45) is 0 Å². The van der Waals surface area contributed by atoms with Crippen LogP contribution < -0.4 is 10.2 Å². The zero-order valence-corrected chi connectivity index (χ0v) is 11.0. The molecule has 2 aliphatic rings. The number of rotatable bonds is 4. The second-order valence-electron chi connectivity index (χ2n) is 4.89. The van der Waals surface area contributed by atoms with Crippen LogP contribution >= 0.6 is 11.3 Å². The minimum absolute atomic E-state index is 0.444. The molecule has 94 valence electrons. The van der Waals surface area contributed by atoms with Crippen LogP contribution in [-0.4, -0.2) is 36.8 Å². The van der Waals surface area contributed by atoms with Crippen LogP contribution in [0.3, 0.4) is 0 Å². The molecule has 1 saturated heterocycles. The first kappa shape index (κ1) is 11.4. The summed E-state index contributed by atoms with van der Waals surface area (Å²) in [5.41, 5.74) is 1.18. The van der Waals surface area contributed by atoms with E-state index in [1.807, 2.05) is 0 Å². The lowest BCUT2D eigenvalue weighted by Gasteiger charge is -2.32. The van der Waals surface area contributed by atoms with Gasteiger partial charge in [0.25, 0.3) is 0 Å². The largest absolute Gasteiger partial charge is 0.377 e. The molecule has 1 atom stereocenters. The zero-order valence-electron chi connectivity index (χ0n) is 10.2. The molecule has 0 radical (unpaired) electrons. The first-order valence-electron chi connectivity index (χ1n) is 6.35. The Morgan fingerprint density at radius 1 is 1.59 bits per heavy atom. The van der Waals surface area contributed by atoms with E-state index >= 15 is 0 Å². The molecule has 4 nitrogen and oxygen atoms in total. The second kappa shape index (κ2) is 4.92. The molecule has 1 aromatic heterocycles. The molecule has 1 aliphatic carbocycles. The third kappa shape index (κ3) is 2.78. The number of morpholine rings is 1. The van der Waals surface area contributed by atoms with E-state index < -0.39 is 0 Å². The molecule has 0 spiro atoms. The first-order valence-corrected chi connectivity index (χ1v) is 7.23. The van der Waals surface area contributed by atoms with Crippen molar-refractivity contribution in [3.63, 3.8) is 0 Å². The Balaban J connectivity index is 1.61. The van der Waals surface area contributed by atoms with Gasteiger partial charge in [-0.3, -0.25) is 0 Å². The van der Waals surface area contributed by atoms with E-state index in [4.69, 9.17) is 9.72 Å². The summed E-state index contributed by atoms with van der Waals surface area (Å²) in [6.07, 6.45) is 2.66. The normalized spacial score (nSPS) is 25.2. The molecule has 1 N–H and O–H groups in total. The van der Waals surface area contributed by atoms with Crippen LogP contribution in [0.2, 0.25) is 0 Å². The molecule has 2 heterocycles. The van der Waals surface area contributed by atoms with Gasteiger partial charge in [-0.25, -0.2) is 4.98 Å². The van der Waals surface area contributed by atoms with Crippen LogP contribution in [0.5, 0.6) is 0 Å². The van der Waals surface area contributed by atoms with E-state index in [2.05, 4.69) is 22.5 Å². The lowest BCUT2D eigenvalue weighted by Crippen LogP contribution is -2.43. The quantitative estimate of drug-likeness (QED) is 0.885. The highest BCUT2D eigenvalue weighted by Gasteiger charge is 2.23. The Morgan fingerprint density at radius 2 is 2.47 bits per heavy atom. The monoisotopic (exact) mass is 253 g/mol. The van der Waals surface area contributed by atoms with Crippen molar-refractivity contribution in [2.75, 3.05) is 24.7 Å². The Labute approximate surface area is 106 Å². The van der Waals surface area contributed by atoms with Crippen molar-refractivity contribution in [2.45, 2.75) is 38.4 Å². The molecule has 1 saturated carbocycles. The highest BCUT2D eigenvalue weighted by molar-refractivity contribution is 7.13. The van der Waals surface area contributed by atoms with Gasteiger partial charge in [-0.1, -0.05) is 0 Å². The predicted octanol–water partition coefficient (Wildman–Crippen LogP) is 1.62. The number of hydrogen-bond donors (Lipinski definition) is 1. The van der Waals surface area contributed by atoms with E-state index in [1.54, 1.807) is 11.3 Å². The van der Waals surface area contributed by atoms with Gasteiger partial charge in [0.2, 0.25) is 0 Å². The maximum absolute atomic E-state index is 5.45. The third-order valence-electron chi connectivity index (χ3n) is 3.30. The summed E-state index contributed by atoms with van der Waals surface area (Å²) in [7, 11) is 0. The second-order valence-corrected chi connectivity index (χ2v) is 5.73. The fraction of sp³-hybridized carbons (Fsp3) is 0.750. The van der Waals surface area contributed by atoms with Crippen molar-refractivity contribution >= 4 is 16.5 Å². The maximum Gasteiger partial charge on any atom is 0.185 e. The molecule has 3 rings (SSSR count). The van der Waals surface area contributed by atoms with Crippen LogP contribution in [0.4, 0.5) is 5.13 Å². The lowest BCUT2D eigenvalue weighted by molar-refractivity contribution is 0.0989. The summed E-state index contributed by atoms with van der Waals surface area (Å²) in [5.74, 6) is 0. The van der Waals surface area contributed by atoms with Crippen LogP contribution in [0, 0.1) is 0 Å². The molecule has 1 aliphatic heterocycles. The van der Waals surface area contributed by atoms with Crippen molar-refractivity contribution < 1.29 is 4.74 Å². The fourth-order valence-corrected chi connectivity index (χ4v) is 3.01. The van der Waals surface area contributed by atoms with Crippen LogP contribution in [-0.2, 0) is 11.3 Å². The van der Waals surface area contributed by atoms with Gasteiger partial charge in [0, 0.05) is 24.5 Å². The van der Waals surface area contributed by atoms with Crippen LogP contribution in [0.1, 0.15) is 25.5 Å². The minimum atomic E-state index is 0.444. The van der Waals surface area contributed by atoms with Gasteiger partial charge in [-0.2, -0.15) is 0 Å². The number of aromatic nitrogens is 1. The van der Waals surface area contributed by atoms with Crippen LogP contribution in [0.15, 0.2) is 5.38 Å². The van der Waals surface area contributed by atoms with Gasteiger partial charge >= 0.3 is 0 Å². The number of nitrogens with one attached hydrogen (secondary N) is 1. The number of hydrogen-bond acceptors (Lipinski definition) is 5. The average Bonchev–Trinajstić information content (AvgIpc) is 3.06. The average molecular weight is 253 g/mol. The first-order chi connectivity index (χ1) is 8.33. The van der Waals surface area contributed by atoms with Gasteiger partial charge in [0.1, 0.15) is 0 Å². The molecule has 17 heavy (non-hydrogen) atoms. The standard InChI is InChI=1S/C12H19N3OS/c1-9-7-16-5-4-15(9)12-14-11(8-17-12)6-13-10-2-3-10/h8-10,13H,2-7H2,1H3. The lowest BCUT2D eigenvalue weighted by atomic mass is 10.3. The molecule has 1 aromatic rings. The van der Waals surface area contributed by atoms with Gasteiger partial charge in [0.05, 0.1) is 24.9 Å². The maximum atomic E-state index is 5.45. The van der Waals surface area contributed by atoms with E-state index in [0.717, 1.165) is 37.5 Å². The number of anilines is 1. The Morgan fingerprint density at radius 3 is 3.24 bits per heavy atom. The van der Waals surface area contributed by atoms with Gasteiger partial charge in [0.15, 0.2) is 5.13 Å².